The Morgan fingerprint density at radius 3 is 2.39 bits per heavy atom. The molecule has 0 radical (unpaired) electrons. The molecule has 0 aliphatic carbocycles. The number of likely N-dealkylation sites (tertiary alicyclic amines) is 1. The lowest BCUT2D eigenvalue weighted by molar-refractivity contribution is -0.163. The molecule has 28 heavy (non-hydrogen) atoms. The molecule has 3 rings (SSSR count). The summed E-state index contributed by atoms with van der Waals surface area (Å²) in [5.74, 6) is -0.901. The van der Waals surface area contributed by atoms with E-state index in [1.165, 1.54) is 12.1 Å². The van der Waals surface area contributed by atoms with Crippen LogP contribution in [0.5, 0.6) is 5.75 Å². The van der Waals surface area contributed by atoms with E-state index in [4.69, 9.17) is 0 Å². The van der Waals surface area contributed by atoms with Crippen molar-refractivity contribution in [2.75, 3.05) is 13.1 Å². The van der Waals surface area contributed by atoms with Crippen LogP contribution in [0.3, 0.4) is 0 Å². The van der Waals surface area contributed by atoms with Gasteiger partial charge in [0.15, 0.2) is 0 Å². The van der Waals surface area contributed by atoms with Crippen molar-refractivity contribution in [3.8, 4) is 5.75 Å². The van der Waals surface area contributed by atoms with Crippen molar-refractivity contribution in [1.82, 2.24) is 4.90 Å². The number of alkyl halides is 2. The zero-order chi connectivity index (χ0) is 20.1. The lowest BCUT2D eigenvalue weighted by Gasteiger charge is -2.43. The van der Waals surface area contributed by atoms with Crippen LogP contribution in [-0.2, 0) is 17.8 Å². The van der Waals surface area contributed by atoms with Crippen LogP contribution in [-0.4, -0.2) is 46.9 Å². The number of β-amino-alcohol motifs (C(OH)–C–C–N with tert-alkyl or cyclic N) is 1. The number of carboxylic acid groups (broad SMARTS) is 1. The van der Waals surface area contributed by atoms with Crippen LogP contribution in [0.15, 0.2) is 54.6 Å². The molecule has 0 amide bonds. The number of nitrogens with zero attached hydrogens (tertiary/aromatic N) is 1. The molecule has 1 saturated heterocycles. The van der Waals surface area contributed by atoms with E-state index in [9.17, 15) is 23.8 Å². The standard InChI is InChI=1S/C21H23F2NO4/c22-20(23)28-17-8-6-16(7-9-17)13-24-11-10-21(19(26)27,18(25)14-24)12-15-4-2-1-3-5-15/h1-9,18,20,25H,10-14H2,(H,26,27)/t18-,21-/m1/s1. The first-order chi connectivity index (χ1) is 13.4. The summed E-state index contributed by atoms with van der Waals surface area (Å²) in [4.78, 5) is 14.0. The summed E-state index contributed by atoms with van der Waals surface area (Å²) < 4.78 is 28.8. The van der Waals surface area contributed by atoms with E-state index in [1.54, 1.807) is 12.1 Å². The van der Waals surface area contributed by atoms with Gasteiger partial charge >= 0.3 is 12.6 Å². The van der Waals surface area contributed by atoms with Gasteiger partial charge in [-0.2, -0.15) is 8.78 Å². The highest BCUT2D eigenvalue weighted by atomic mass is 19.3. The predicted octanol–water partition coefficient (Wildman–Crippen LogP) is 3.17. The monoisotopic (exact) mass is 391 g/mol. The van der Waals surface area contributed by atoms with E-state index in [2.05, 4.69) is 4.74 Å². The van der Waals surface area contributed by atoms with Crippen molar-refractivity contribution in [1.29, 1.82) is 0 Å². The van der Waals surface area contributed by atoms with Gasteiger partial charge in [0.25, 0.3) is 0 Å². The van der Waals surface area contributed by atoms with Crippen molar-refractivity contribution in [2.45, 2.75) is 32.1 Å². The predicted molar refractivity (Wildman–Crippen MR) is 99.2 cm³/mol. The Hall–Kier alpha value is -2.51. The average Bonchev–Trinajstić information content (AvgIpc) is 2.66. The van der Waals surface area contributed by atoms with E-state index in [-0.39, 0.29) is 18.7 Å². The van der Waals surface area contributed by atoms with Crippen LogP contribution in [0.25, 0.3) is 0 Å². The van der Waals surface area contributed by atoms with E-state index >= 15 is 0 Å². The highest BCUT2D eigenvalue weighted by molar-refractivity contribution is 5.76. The average molecular weight is 391 g/mol. The Morgan fingerprint density at radius 1 is 1.14 bits per heavy atom. The number of carboxylic acids is 1. The van der Waals surface area contributed by atoms with E-state index < -0.39 is 24.1 Å². The number of rotatable bonds is 7. The molecule has 0 unspecified atom stereocenters. The number of ether oxygens (including phenoxy) is 1. The lowest BCUT2D eigenvalue weighted by atomic mass is 9.71. The van der Waals surface area contributed by atoms with Gasteiger partial charge in [-0.15, -0.1) is 0 Å². The molecule has 0 bridgehead atoms. The third-order valence-corrected chi connectivity index (χ3v) is 5.29. The molecule has 1 aliphatic heterocycles. The molecule has 0 spiro atoms. The normalized spacial score (nSPS) is 22.9. The largest absolute Gasteiger partial charge is 0.481 e. The van der Waals surface area contributed by atoms with Crippen LogP contribution in [0.1, 0.15) is 17.5 Å². The molecule has 0 aromatic heterocycles. The van der Waals surface area contributed by atoms with Crippen molar-refractivity contribution >= 4 is 5.97 Å². The zero-order valence-electron chi connectivity index (χ0n) is 15.3. The molecule has 2 N–H and O–H groups in total. The molecule has 1 fully saturated rings. The first kappa shape index (κ1) is 20.2. The molecule has 2 atom stereocenters. The van der Waals surface area contributed by atoms with E-state index in [1.807, 2.05) is 35.2 Å². The van der Waals surface area contributed by atoms with Crippen LogP contribution in [0.4, 0.5) is 8.78 Å². The van der Waals surface area contributed by atoms with Gasteiger partial charge in [0.05, 0.1) is 6.10 Å². The van der Waals surface area contributed by atoms with Gasteiger partial charge in [0, 0.05) is 13.1 Å². The smallest absolute Gasteiger partial charge is 0.387 e. The first-order valence-electron chi connectivity index (χ1n) is 9.10. The van der Waals surface area contributed by atoms with Crippen molar-refractivity contribution in [3.63, 3.8) is 0 Å². The molecule has 1 heterocycles. The van der Waals surface area contributed by atoms with Gasteiger partial charge in [-0.3, -0.25) is 9.69 Å². The number of hydrogen-bond donors (Lipinski definition) is 2. The minimum Gasteiger partial charge on any atom is -0.481 e. The Balaban J connectivity index is 1.65. The highest BCUT2D eigenvalue weighted by Crippen LogP contribution is 2.36. The van der Waals surface area contributed by atoms with Crippen molar-refractivity contribution in [3.05, 3.63) is 65.7 Å². The van der Waals surface area contributed by atoms with Crippen LogP contribution in [0, 0.1) is 5.41 Å². The maximum Gasteiger partial charge on any atom is 0.387 e. The molecule has 1 aliphatic rings. The second-order valence-electron chi connectivity index (χ2n) is 7.15. The molecular weight excluding hydrogens is 368 g/mol. The number of aliphatic hydroxyl groups excluding tert-OH is 1. The van der Waals surface area contributed by atoms with Gasteiger partial charge in [-0.1, -0.05) is 42.5 Å². The minimum absolute atomic E-state index is 0.0881. The van der Waals surface area contributed by atoms with Gasteiger partial charge in [0.1, 0.15) is 11.2 Å². The summed E-state index contributed by atoms with van der Waals surface area (Å²) in [6.45, 7) is -1.62. The van der Waals surface area contributed by atoms with Gasteiger partial charge in [0.2, 0.25) is 0 Å². The number of halogens is 2. The summed E-state index contributed by atoms with van der Waals surface area (Å²) >= 11 is 0. The third kappa shape index (κ3) is 4.66. The molecule has 2 aromatic rings. The fourth-order valence-corrected chi connectivity index (χ4v) is 3.70. The highest BCUT2D eigenvalue weighted by Gasteiger charge is 2.48. The van der Waals surface area contributed by atoms with E-state index in [0.717, 1.165) is 11.1 Å². The first-order valence-corrected chi connectivity index (χ1v) is 9.10. The lowest BCUT2D eigenvalue weighted by Crippen LogP contribution is -2.55. The Labute approximate surface area is 162 Å². The number of piperidine rings is 1. The molecule has 150 valence electrons. The van der Waals surface area contributed by atoms with E-state index in [0.29, 0.717) is 19.5 Å². The van der Waals surface area contributed by atoms with Crippen molar-refractivity contribution < 1.29 is 28.5 Å². The summed E-state index contributed by atoms with van der Waals surface area (Å²) in [6, 6.07) is 15.6. The van der Waals surface area contributed by atoms with Gasteiger partial charge < -0.3 is 14.9 Å². The number of carbonyl (C=O) groups is 1. The summed E-state index contributed by atoms with van der Waals surface area (Å²) in [5, 5.41) is 20.6. The summed E-state index contributed by atoms with van der Waals surface area (Å²) in [7, 11) is 0. The second-order valence-corrected chi connectivity index (χ2v) is 7.15. The van der Waals surface area contributed by atoms with Gasteiger partial charge in [-0.05, 0) is 42.6 Å². The Morgan fingerprint density at radius 2 is 1.82 bits per heavy atom. The fourth-order valence-electron chi connectivity index (χ4n) is 3.70. The Bertz CT molecular complexity index is 785. The maximum atomic E-state index is 12.2. The van der Waals surface area contributed by atoms with Gasteiger partial charge in [-0.25, -0.2) is 0 Å². The molecular formula is C21H23F2NO4. The van der Waals surface area contributed by atoms with Crippen LogP contribution in [0.2, 0.25) is 0 Å². The molecule has 2 aromatic carbocycles. The zero-order valence-corrected chi connectivity index (χ0v) is 15.3. The molecule has 0 saturated carbocycles. The number of aliphatic hydroxyl groups is 1. The summed E-state index contributed by atoms with van der Waals surface area (Å²) in [6.07, 6.45) is -0.414. The number of benzene rings is 2. The fraction of sp³-hybridized carbons (Fsp3) is 0.381. The summed E-state index contributed by atoms with van der Waals surface area (Å²) in [5.41, 5.74) is 0.541. The SMILES string of the molecule is O=C(O)[C@@]1(Cc2ccccc2)CCN(Cc2ccc(OC(F)F)cc2)C[C@H]1O. The minimum atomic E-state index is -2.86. The molecule has 7 heteroatoms. The third-order valence-electron chi connectivity index (χ3n) is 5.29. The van der Waals surface area contributed by atoms with Crippen molar-refractivity contribution in [2.24, 2.45) is 5.41 Å². The quantitative estimate of drug-likeness (QED) is 0.759. The van der Waals surface area contributed by atoms with Crippen LogP contribution >= 0.6 is 0 Å². The number of hydrogen-bond acceptors (Lipinski definition) is 4. The topological polar surface area (TPSA) is 70.0 Å². The van der Waals surface area contributed by atoms with Crippen LogP contribution < -0.4 is 4.74 Å². The molecule has 5 nitrogen and oxygen atoms in total. The Kier molecular flexibility index (Phi) is 6.26. The second kappa shape index (κ2) is 8.67. The number of aliphatic carboxylic acids is 1. The maximum absolute atomic E-state index is 12.2.